The first-order valence-electron chi connectivity index (χ1n) is 10.6. The molecule has 158 valence electrons. The predicted molar refractivity (Wildman–Crippen MR) is 124 cm³/mol. The molecular formula is C22H27N5OS2. The number of hydrogen-bond donors (Lipinski definition) is 0. The Morgan fingerprint density at radius 3 is 2.67 bits per heavy atom. The van der Waals surface area contributed by atoms with Crippen molar-refractivity contribution < 1.29 is 4.21 Å². The summed E-state index contributed by atoms with van der Waals surface area (Å²) in [6.45, 7) is 6.85. The van der Waals surface area contributed by atoms with Gasteiger partial charge in [-0.25, -0.2) is 18.5 Å². The van der Waals surface area contributed by atoms with E-state index in [1.165, 1.54) is 10.3 Å². The highest BCUT2D eigenvalue weighted by molar-refractivity contribution is 7.93. The zero-order valence-corrected chi connectivity index (χ0v) is 18.9. The minimum atomic E-state index is -2.25. The van der Waals surface area contributed by atoms with E-state index in [4.69, 9.17) is 0 Å². The predicted octanol–water partition coefficient (Wildman–Crippen LogP) is 4.20. The van der Waals surface area contributed by atoms with Crippen molar-refractivity contribution in [3.63, 3.8) is 0 Å². The maximum Gasteiger partial charge on any atom is 0.128 e. The highest BCUT2D eigenvalue weighted by Gasteiger charge is 2.24. The molecule has 2 aliphatic heterocycles. The van der Waals surface area contributed by atoms with Crippen LogP contribution in [0.2, 0.25) is 0 Å². The first-order chi connectivity index (χ1) is 14.6. The van der Waals surface area contributed by atoms with Crippen LogP contribution >= 0.6 is 11.3 Å². The SMILES string of the molecule is CC(c1ccc2scnc2c1)N1CCN(c2ccc(S3(=O)=NCCCC3)cn2)CC1. The molecule has 4 heterocycles. The third-order valence-electron chi connectivity index (χ3n) is 6.24. The molecule has 0 aliphatic carbocycles. The summed E-state index contributed by atoms with van der Waals surface area (Å²) in [6, 6.07) is 11.0. The summed E-state index contributed by atoms with van der Waals surface area (Å²) >= 11 is 1.69. The van der Waals surface area contributed by atoms with Gasteiger partial charge >= 0.3 is 0 Å². The van der Waals surface area contributed by atoms with E-state index in [9.17, 15) is 4.21 Å². The molecule has 2 aliphatic rings. The van der Waals surface area contributed by atoms with Gasteiger partial charge in [-0.1, -0.05) is 6.07 Å². The summed E-state index contributed by atoms with van der Waals surface area (Å²) in [5.41, 5.74) is 4.33. The van der Waals surface area contributed by atoms with E-state index in [0.717, 1.165) is 55.3 Å². The van der Waals surface area contributed by atoms with Crippen molar-refractivity contribution in [3.8, 4) is 0 Å². The van der Waals surface area contributed by atoms with E-state index in [1.807, 2.05) is 17.6 Å². The number of pyridine rings is 1. The molecule has 0 N–H and O–H groups in total. The van der Waals surface area contributed by atoms with Crippen LogP contribution in [-0.4, -0.2) is 57.6 Å². The molecule has 2 unspecified atom stereocenters. The van der Waals surface area contributed by atoms with Gasteiger partial charge in [0.15, 0.2) is 0 Å². The Kier molecular flexibility index (Phi) is 5.47. The summed E-state index contributed by atoms with van der Waals surface area (Å²) in [7, 11) is -2.25. The average molecular weight is 442 g/mol. The molecule has 3 aromatic rings. The highest BCUT2D eigenvalue weighted by atomic mass is 32.2. The van der Waals surface area contributed by atoms with Gasteiger partial charge < -0.3 is 4.90 Å². The molecule has 0 bridgehead atoms. The van der Waals surface area contributed by atoms with Gasteiger partial charge in [0.2, 0.25) is 0 Å². The van der Waals surface area contributed by atoms with Crippen LogP contribution in [0.5, 0.6) is 0 Å². The fourth-order valence-corrected chi connectivity index (χ4v) is 7.00. The molecular weight excluding hydrogens is 414 g/mol. The molecule has 2 aromatic heterocycles. The van der Waals surface area contributed by atoms with E-state index in [0.29, 0.717) is 18.3 Å². The quantitative estimate of drug-likeness (QED) is 0.607. The standard InChI is InChI=1S/C22H27N5OS2/c1-17(18-4-6-21-20(14-18)24-16-29-21)26-9-11-27(12-10-26)22-7-5-19(15-23-22)30(28)13-3-2-8-25-30/h4-7,14-17H,2-3,8-13H2,1H3. The number of rotatable bonds is 4. The first kappa shape index (κ1) is 19.9. The number of anilines is 1. The van der Waals surface area contributed by atoms with Crippen LogP contribution in [0, 0.1) is 0 Å². The Balaban J connectivity index is 1.24. The third kappa shape index (κ3) is 3.84. The maximum atomic E-state index is 13.0. The topological polar surface area (TPSA) is 61.7 Å². The molecule has 6 nitrogen and oxygen atoms in total. The minimum absolute atomic E-state index is 0.366. The molecule has 1 saturated heterocycles. The van der Waals surface area contributed by atoms with Crippen molar-refractivity contribution >= 4 is 37.1 Å². The van der Waals surface area contributed by atoms with Crippen molar-refractivity contribution in [2.75, 3.05) is 43.4 Å². The number of hydrogen-bond acceptors (Lipinski definition) is 7. The van der Waals surface area contributed by atoms with Crippen molar-refractivity contribution in [2.45, 2.75) is 30.7 Å². The van der Waals surface area contributed by atoms with Crippen LogP contribution in [0.4, 0.5) is 5.82 Å². The second-order valence-corrected chi connectivity index (χ2v) is 11.3. The zero-order valence-electron chi connectivity index (χ0n) is 17.2. The van der Waals surface area contributed by atoms with E-state index in [2.05, 4.69) is 49.3 Å². The lowest BCUT2D eigenvalue weighted by Gasteiger charge is -2.38. The number of thiazole rings is 1. The molecule has 0 spiro atoms. The third-order valence-corrected chi connectivity index (χ3v) is 9.47. The van der Waals surface area contributed by atoms with Crippen LogP contribution in [0.3, 0.4) is 0 Å². The molecule has 5 rings (SSSR count). The Morgan fingerprint density at radius 2 is 1.93 bits per heavy atom. The minimum Gasteiger partial charge on any atom is -0.354 e. The summed E-state index contributed by atoms with van der Waals surface area (Å²) < 4.78 is 18.6. The van der Waals surface area contributed by atoms with Crippen LogP contribution in [-0.2, 0) is 9.73 Å². The van der Waals surface area contributed by atoms with E-state index in [-0.39, 0.29) is 0 Å². The Labute approximate surface area is 182 Å². The summed E-state index contributed by atoms with van der Waals surface area (Å²) in [5, 5.41) is 0. The second-order valence-electron chi connectivity index (χ2n) is 8.03. The van der Waals surface area contributed by atoms with Gasteiger partial charge in [0, 0.05) is 50.7 Å². The van der Waals surface area contributed by atoms with Crippen LogP contribution < -0.4 is 4.90 Å². The summed E-state index contributed by atoms with van der Waals surface area (Å²) in [6.07, 6.45) is 3.81. The molecule has 1 fully saturated rings. The Bertz CT molecular complexity index is 1140. The number of nitrogens with zero attached hydrogens (tertiary/aromatic N) is 5. The van der Waals surface area contributed by atoms with Crippen molar-refractivity contribution in [2.24, 2.45) is 4.36 Å². The molecule has 0 saturated carbocycles. The average Bonchev–Trinajstić information content (AvgIpc) is 3.27. The van der Waals surface area contributed by atoms with Crippen molar-refractivity contribution in [3.05, 3.63) is 47.6 Å². The lowest BCUT2D eigenvalue weighted by molar-refractivity contribution is 0.198. The normalized spacial score (nSPS) is 24.0. The smallest absolute Gasteiger partial charge is 0.128 e. The number of aromatic nitrogens is 2. The van der Waals surface area contributed by atoms with Gasteiger partial charge in [-0.15, -0.1) is 11.3 Å². The monoisotopic (exact) mass is 441 g/mol. The van der Waals surface area contributed by atoms with E-state index >= 15 is 0 Å². The fraction of sp³-hybridized carbons (Fsp3) is 0.455. The fourth-order valence-electron chi connectivity index (χ4n) is 4.31. The lowest BCUT2D eigenvalue weighted by Crippen LogP contribution is -2.47. The molecule has 0 radical (unpaired) electrons. The summed E-state index contributed by atoms with van der Waals surface area (Å²) in [5.74, 6) is 1.63. The van der Waals surface area contributed by atoms with Crippen LogP contribution in [0.25, 0.3) is 10.2 Å². The van der Waals surface area contributed by atoms with Gasteiger partial charge in [-0.05, 0) is 49.6 Å². The Hall–Kier alpha value is -2.03. The number of fused-ring (bicyclic) bond motifs is 1. The van der Waals surface area contributed by atoms with Crippen molar-refractivity contribution in [1.82, 2.24) is 14.9 Å². The first-order valence-corrected chi connectivity index (χ1v) is 13.2. The Morgan fingerprint density at radius 1 is 1.07 bits per heavy atom. The number of piperazine rings is 1. The largest absolute Gasteiger partial charge is 0.354 e. The molecule has 1 aromatic carbocycles. The highest BCUT2D eigenvalue weighted by Crippen LogP contribution is 2.27. The van der Waals surface area contributed by atoms with Gasteiger partial charge in [-0.2, -0.15) is 0 Å². The number of benzene rings is 1. The molecule has 8 heteroatoms. The zero-order chi connectivity index (χ0) is 20.6. The van der Waals surface area contributed by atoms with E-state index in [1.54, 1.807) is 17.5 Å². The lowest BCUT2D eigenvalue weighted by atomic mass is 10.1. The molecule has 2 atom stereocenters. The second kappa shape index (κ2) is 8.24. The van der Waals surface area contributed by atoms with Gasteiger partial charge in [0.05, 0.1) is 30.4 Å². The van der Waals surface area contributed by atoms with Gasteiger partial charge in [0.1, 0.15) is 5.82 Å². The van der Waals surface area contributed by atoms with Crippen molar-refractivity contribution in [1.29, 1.82) is 0 Å². The van der Waals surface area contributed by atoms with Gasteiger partial charge in [-0.3, -0.25) is 4.90 Å². The van der Waals surface area contributed by atoms with Gasteiger partial charge in [0.25, 0.3) is 0 Å². The van der Waals surface area contributed by atoms with Crippen LogP contribution in [0.15, 0.2) is 51.3 Å². The summed E-state index contributed by atoms with van der Waals surface area (Å²) in [4.78, 5) is 14.7. The van der Waals surface area contributed by atoms with E-state index < -0.39 is 9.73 Å². The molecule has 30 heavy (non-hydrogen) atoms. The molecule has 0 amide bonds. The maximum absolute atomic E-state index is 13.0. The van der Waals surface area contributed by atoms with Crippen LogP contribution in [0.1, 0.15) is 31.4 Å².